The minimum atomic E-state index is -4.87. The molecule has 0 N–H and O–H groups in total. The molecular weight excluding hydrogens is 212 g/mol. The van der Waals surface area contributed by atoms with E-state index < -0.39 is 17.9 Å². The first-order chi connectivity index (χ1) is 6.79. The lowest BCUT2D eigenvalue weighted by Crippen LogP contribution is -2.18. The van der Waals surface area contributed by atoms with Crippen molar-refractivity contribution in [1.29, 1.82) is 0 Å². The Morgan fingerprint density at radius 3 is 2.27 bits per heavy atom. The minimum Gasteiger partial charge on any atom is -0.403 e. The van der Waals surface area contributed by atoms with E-state index in [0.29, 0.717) is 5.56 Å². The Kier molecular flexibility index (Phi) is 3.21. The molecular formula is C10H9F4O. The SMILES string of the molecule is C[C](C)c1ccc(F)c(OC(F)(F)F)c1. The highest BCUT2D eigenvalue weighted by Crippen LogP contribution is 2.28. The Bertz CT molecular complexity index is 344. The third-order valence-corrected chi connectivity index (χ3v) is 1.73. The van der Waals surface area contributed by atoms with Crippen LogP contribution in [0.3, 0.4) is 0 Å². The van der Waals surface area contributed by atoms with E-state index in [1.807, 2.05) is 0 Å². The summed E-state index contributed by atoms with van der Waals surface area (Å²) in [5.74, 6) is -1.06. The average molecular weight is 221 g/mol. The second-order valence-corrected chi connectivity index (χ2v) is 3.19. The molecule has 0 saturated carbocycles. The van der Waals surface area contributed by atoms with Crippen LogP contribution in [0.25, 0.3) is 0 Å². The average Bonchev–Trinajstić information content (AvgIpc) is 2.06. The van der Waals surface area contributed by atoms with E-state index in [2.05, 4.69) is 4.74 Å². The maximum absolute atomic E-state index is 12.9. The zero-order chi connectivity index (χ0) is 11.6. The zero-order valence-electron chi connectivity index (χ0n) is 8.15. The van der Waals surface area contributed by atoms with Gasteiger partial charge in [0.2, 0.25) is 0 Å². The van der Waals surface area contributed by atoms with Gasteiger partial charge in [0.05, 0.1) is 0 Å². The van der Waals surface area contributed by atoms with Gasteiger partial charge in [-0.3, -0.25) is 0 Å². The van der Waals surface area contributed by atoms with Crippen molar-refractivity contribution in [3.63, 3.8) is 0 Å². The third-order valence-electron chi connectivity index (χ3n) is 1.73. The van der Waals surface area contributed by atoms with Gasteiger partial charge in [-0.2, -0.15) is 0 Å². The van der Waals surface area contributed by atoms with E-state index in [0.717, 1.165) is 18.1 Å². The fourth-order valence-corrected chi connectivity index (χ4v) is 1.02. The van der Waals surface area contributed by atoms with Crippen LogP contribution >= 0.6 is 0 Å². The molecule has 0 spiro atoms. The molecule has 1 aromatic carbocycles. The van der Waals surface area contributed by atoms with Crippen molar-refractivity contribution in [2.24, 2.45) is 0 Å². The van der Waals surface area contributed by atoms with E-state index in [4.69, 9.17) is 0 Å². The molecule has 15 heavy (non-hydrogen) atoms. The monoisotopic (exact) mass is 221 g/mol. The number of rotatable bonds is 2. The molecule has 0 aliphatic rings. The fourth-order valence-electron chi connectivity index (χ4n) is 1.02. The molecule has 0 atom stereocenters. The summed E-state index contributed by atoms with van der Waals surface area (Å²) in [5, 5.41) is 0. The van der Waals surface area contributed by atoms with Crippen LogP contribution in [-0.2, 0) is 0 Å². The highest BCUT2D eigenvalue weighted by atomic mass is 19.4. The smallest absolute Gasteiger partial charge is 0.403 e. The Balaban J connectivity index is 3.01. The van der Waals surface area contributed by atoms with Crippen LogP contribution in [0.2, 0.25) is 0 Å². The molecule has 0 unspecified atom stereocenters. The standard InChI is InChI=1S/C10H9F4O/c1-6(2)7-3-4-8(11)9(5-7)15-10(12,13)14/h3-5H,1-2H3. The molecule has 0 amide bonds. The largest absolute Gasteiger partial charge is 0.573 e. The summed E-state index contributed by atoms with van der Waals surface area (Å²) in [5.41, 5.74) is 0.510. The molecule has 1 aromatic rings. The molecule has 0 aliphatic heterocycles. The molecule has 1 nitrogen and oxygen atoms in total. The van der Waals surface area contributed by atoms with Crippen molar-refractivity contribution < 1.29 is 22.3 Å². The van der Waals surface area contributed by atoms with Gasteiger partial charge in [-0.25, -0.2) is 4.39 Å². The lowest BCUT2D eigenvalue weighted by molar-refractivity contribution is -0.275. The van der Waals surface area contributed by atoms with E-state index >= 15 is 0 Å². The van der Waals surface area contributed by atoms with Crippen LogP contribution in [-0.4, -0.2) is 6.36 Å². The maximum Gasteiger partial charge on any atom is 0.573 e. The van der Waals surface area contributed by atoms with Crippen LogP contribution < -0.4 is 4.74 Å². The summed E-state index contributed by atoms with van der Waals surface area (Å²) in [7, 11) is 0. The van der Waals surface area contributed by atoms with Crippen LogP contribution in [0.1, 0.15) is 19.4 Å². The maximum atomic E-state index is 12.9. The van der Waals surface area contributed by atoms with Crippen molar-refractivity contribution in [3.05, 3.63) is 35.5 Å². The molecule has 0 bridgehead atoms. The first-order valence-corrected chi connectivity index (χ1v) is 4.15. The lowest BCUT2D eigenvalue weighted by atomic mass is 10.0. The number of benzene rings is 1. The normalized spacial score (nSPS) is 11.9. The molecule has 0 heterocycles. The van der Waals surface area contributed by atoms with E-state index in [-0.39, 0.29) is 0 Å². The second-order valence-electron chi connectivity index (χ2n) is 3.19. The van der Waals surface area contributed by atoms with Gasteiger partial charge in [0.25, 0.3) is 0 Å². The summed E-state index contributed by atoms with van der Waals surface area (Å²) in [6, 6.07) is 3.37. The van der Waals surface area contributed by atoms with E-state index in [1.54, 1.807) is 13.8 Å². The van der Waals surface area contributed by atoms with Gasteiger partial charge in [-0.05, 0) is 23.6 Å². The highest BCUT2D eigenvalue weighted by molar-refractivity contribution is 5.37. The lowest BCUT2D eigenvalue weighted by Gasteiger charge is -2.12. The Morgan fingerprint density at radius 1 is 1.20 bits per heavy atom. The Hall–Kier alpha value is -1.26. The van der Waals surface area contributed by atoms with Crippen molar-refractivity contribution in [2.45, 2.75) is 20.2 Å². The predicted octanol–water partition coefficient (Wildman–Crippen LogP) is 3.69. The Labute approximate surface area is 84.7 Å². The van der Waals surface area contributed by atoms with Gasteiger partial charge >= 0.3 is 6.36 Å². The molecule has 83 valence electrons. The molecule has 5 heteroatoms. The molecule has 1 rings (SSSR count). The van der Waals surface area contributed by atoms with Gasteiger partial charge in [-0.1, -0.05) is 19.9 Å². The molecule has 1 radical (unpaired) electrons. The number of hydrogen-bond acceptors (Lipinski definition) is 1. The molecule has 0 aliphatic carbocycles. The number of alkyl halides is 3. The van der Waals surface area contributed by atoms with Crippen molar-refractivity contribution in [3.8, 4) is 5.75 Å². The van der Waals surface area contributed by atoms with Gasteiger partial charge in [0, 0.05) is 0 Å². The number of ether oxygens (including phenoxy) is 1. The fraction of sp³-hybridized carbons (Fsp3) is 0.300. The quantitative estimate of drug-likeness (QED) is 0.692. The van der Waals surface area contributed by atoms with Crippen LogP contribution in [0.15, 0.2) is 18.2 Å². The summed E-state index contributed by atoms with van der Waals surface area (Å²) in [4.78, 5) is 0. The number of halogens is 4. The predicted molar refractivity (Wildman–Crippen MR) is 46.8 cm³/mol. The highest BCUT2D eigenvalue weighted by Gasteiger charge is 2.32. The first-order valence-electron chi connectivity index (χ1n) is 4.15. The molecule has 0 saturated heterocycles. The topological polar surface area (TPSA) is 9.23 Å². The summed E-state index contributed by atoms with van der Waals surface area (Å²) in [6.45, 7) is 3.43. The number of hydrogen-bond donors (Lipinski definition) is 0. The molecule has 0 fully saturated rings. The third kappa shape index (κ3) is 3.42. The van der Waals surface area contributed by atoms with Crippen molar-refractivity contribution in [1.82, 2.24) is 0 Å². The van der Waals surface area contributed by atoms with Gasteiger partial charge in [0.1, 0.15) is 0 Å². The Morgan fingerprint density at radius 2 is 1.80 bits per heavy atom. The van der Waals surface area contributed by atoms with Crippen molar-refractivity contribution >= 4 is 0 Å². The van der Waals surface area contributed by atoms with Crippen LogP contribution in [0, 0.1) is 11.7 Å². The van der Waals surface area contributed by atoms with Gasteiger partial charge in [-0.15, -0.1) is 13.2 Å². The van der Waals surface area contributed by atoms with E-state index in [9.17, 15) is 17.6 Å². The minimum absolute atomic E-state index is 0.510. The van der Waals surface area contributed by atoms with Gasteiger partial charge in [0.15, 0.2) is 11.6 Å². The summed E-state index contributed by atoms with van der Waals surface area (Å²) >= 11 is 0. The first kappa shape index (κ1) is 11.8. The molecule has 0 aromatic heterocycles. The van der Waals surface area contributed by atoms with Gasteiger partial charge < -0.3 is 4.74 Å². The van der Waals surface area contributed by atoms with E-state index in [1.165, 1.54) is 6.07 Å². The van der Waals surface area contributed by atoms with Crippen LogP contribution in [0.5, 0.6) is 5.75 Å². The van der Waals surface area contributed by atoms with Crippen LogP contribution in [0.4, 0.5) is 17.6 Å². The van der Waals surface area contributed by atoms with Crippen molar-refractivity contribution in [2.75, 3.05) is 0 Å². The second kappa shape index (κ2) is 4.08. The zero-order valence-corrected chi connectivity index (χ0v) is 8.15. The summed E-state index contributed by atoms with van der Waals surface area (Å²) in [6.07, 6.45) is -4.87. The summed E-state index contributed by atoms with van der Waals surface area (Å²) < 4.78 is 52.0.